The largest absolute Gasteiger partial charge is 0.367 e. The van der Waals surface area contributed by atoms with Crippen LogP contribution >= 0.6 is 11.6 Å². The summed E-state index contributed by atoms with van der Waals surface area (Å²) in [6.45, 7) is 4.09. The highest BCUT2D eigenvalue weighted by molar-refractivity contribution is 6.30. The summed E-state index contributed by atoms with van der Waals surface area (Å²) in [5.41, 5.74) is 5.82. The summed E-state index contributed by atoms with van der Waals surface area (Å²) < 4.78 is 7.35. The van der Waals surface area contributed by atoms with Crippen molar-refractivity contribution in [2.75, 3.05) is 24.6 Å². The number of carbonyl (C=O) groups excluding carboxylic acids is 1. The molecule has 1 saturated heterocycles. The Hall–Kier alpha value is -3.22. The first kappa shape index (κ1) is 22.6. The number of fused-ring (bicyclic) bond motifs is 1. The predicted octanol–water partition coefficient (Wildman–Crippen LogP) is 4.12. The Kier molecular flexibility index (Phi) is 6.35. The lowest BCUT2D eigenvalue weighted by atomic mass is 10.0. The zero-order chi connectivity index (χ0) is 23.7. The summed E-state index contributed by atoms with van der Waals surface area (Å²) in [4.78, 5) is 31.9. The van der Waals surface area contributed by atoms with Crippen LogP contribution in [0.25, 0.3) is 5.57 Å². The summed E-state index contributed by atoms with van der Waals surface area (Å²) in [7, 11) is 0. The quantitative estimate of drug-likeness (QED) is 0.536. The Balaban J connectivity index is 1.38. The lowest BCUT2D eigenvalue weighted by Gasteiger charge is -2.33. The third-order valence-corrected chi connectivity index (χ3v) is 6.67. The van der Waals surface area contributed by atoms with E-state index < -0.39 is 6.10 Å². The molecule has 5 rings (SSSR count). The third-order valence-electron chi connectivity index (χ3n) is 6.43. The van der Waals surface area contributed by atoms with Gasteiger partial charge in [0.15, 0.2) is 5.78 Å². The molecule has 1 atom stereocenters. The predicted molar refractivity (Wildman–Crippen MR) is 134 cm³/mol. The standard InChI is InChI=1S/C27H26ClN3O3/c1-2-25(32)26-17-30(10-11-34-26)21-14-23-22(6-7-24(23)29-15-21)19-8-9-31(27(33)13-19)16-18-4-3-5-20(28)12-18/h3-6,8-9,12-15,26H,2,7,10-11,16-17H2,1H3. The first-order chi connectivity index (χ1) is 16.5. The first-order valence-corrected chi connectivity index (χ1v) is 11.9. The monoisotopic (exact) mass is 475 g/mol. The highest BCUT2D eigenvalue weighted by Crippen LogP contribution is 2.34. The number of ether oxygens (including phenoxy) is 1. The second-order valence-electron chi connectivity index (χ2n) is 8.65. The van der Waals surface area contributed by atoms with Crippen molar-refractivity contribution in [3.63, 3.8) is 0 Å². The molecule has 174 valence electrons. The minimum Gasteiger partial charge on any atom is -0.367 e. The van der Waals surface area contributed by atoms with Crippen LogP contribution in [-0.4, -0.2) is 41.1 Å². The van der Waals surface area contributed by atoms with Crippen LogP contribution in [0.3, 0.4) is 0 Å². The summed E-state index contributed by atoms with van der Waals surface area (Å²) in [6, 6.07) is 13.3. The third kappa shape index (κ3) is 4.56. The minimum atomic E-state index is -0.394. The smallest absolute Gasteiger partial charge is 0.251 e. The number of rotatable bonds is 6. The molecule has 1 aliphatic carbocycles. The number of Topliss-reactive ketones (excluding diaryl/α,β-unsaturated/α-hetero) is 1. The number of ketones is 1. The van der Waals surface area contributed by atoms with Crippen molar-refractivity contribution in [1.82, 2.24) is 9.55 Å². The van der Waals surface area contributed by atoms with Gasteiger partial charge in [-0.2, -0.15) is 0 Å². The molecular formula is C27H26ClN3O3. The second kappa shape index (κ2) is 9.57. The molecule has 2 aromatic heterocycles. The molecule has 3 aromatic rings. The summed E-state index contributed by atoms with van der Waals surface area (Å²) >= 11 is 6.08. The average Bonchev–Trinajstić information content (AvgIpc) is 3.28. The lowest BCUT2D eigenvalue weighted by molar-refractivity contribution is -0.130. The van der Waals surface area contributed by atoms with Crippen molar-refractivity contribution in [3.05, 3.63) is 98.7 Å². The van der Waals surface area contributed by atoms with E-state index >= 15 is 0 Å². The Labute approximate surface area is 203 Å². The fourth-order valence-corrected chi connectivity index (χ4v) is 4.79. The lowest BCUT2D eigenvalue weighted by Crippen LogP contribution is -2.46. The van der Waals surface area contributed by atoms with Crippen molar-refractivity contribution >= 4 is 28.6 Å². The van der Waals surface area contributed by atoms with Crippen LogP contribution in [0.15, 0.2) is 65.7 Å². The van der Waals surface area contributed by atoms with Crippen molar-refractivity contribution in [3.8, 4) is 0 Å². The highest BCUT2D eigenvalue weighted by Gasteiger charge is 2.27. The van der Waals surface area contributed by atoms with Crippen LogP contribution in [-0.2, 0) is 22.5 Å². The van der Waals surface area contributed by atoms with Crippen molar-refractivity contribution in [2.45, 2.75) is 32.4 Å². The molecule has 0 N–H and O–H groups in total. The SMILES string of the molecule is CCC(=O)C1CN(c2cnc3c(c2)C(c2ccn(Cc4cccc(Cl)c4)c(=O)c2)=CC3)CCO1. The topological polar surface area (TPSA) is 64.4 Å². The number of anilines is 1. The van der Waals surface area contributed by atoms with E-state index in [1.165, 1.54) is 0 Å². The van der Waals surface area contributed by atoms with Gasteiger partial charge in [-0.1, -0.05) is 36.7 Å². The van der Waals surface area contributed by atoms with Gasteiger partial charge < -0.3 is 14.2 Å². The van der Waals surface area contributed by atoms with Gasteiger partial charge in [0.05, 0.1) is 37.3 Å². The molecule has 2 aliphatic rings. The maximum Gasteiger partial charge on any atom is 0.251 e. The van der Waals surface area contributed by atoms with E-state index in [0.29, 0.717) is 37.7 Å². The van der Waals surface area contributed by atoms with Crippen LogP contribution < -0.4 is 10.5 Å². The summed E-state index contributed by atoms with van der Waals surface area (Å²) in [6.07, 6.45) is 6.64. The Morgan fingerprint density at radius 1 is 1.24 bits per heavy atom. The molecule has 7 heteroatoms. The molecule has 1 aromatic carbocycles. The average molecular weight is 476 g/mol. The number of nitrogens with zero attached hydrogens (tertiary/aromatic N) is 3. The molecular weight excluding hydrogens is 450 g/mol. The van der Waals surface area contributed by atoms with Gasteiger partial charge in [-0.3, -0.25) is 14.6 Å². The second-order valence-corrected chi connectivity index (χ2v) is 9.08. The van der Waals surface area contributed by atoms with Gasteiger partial charge in [0.25, 0.3) is 5.56 Å². The molecule has 1 aliphatic heterocycles. The van der Waals surface area contributed by atoms with E-state index in [4.69, 9.17) is 16.3 Å². The number of pyridine rings is 2. The Morgan fingerprint density at radius 3 is 2.91 bits per heavy atom. The molecule has 0 radical (unpaired) electrons. The van der Waals surface area contributed by atoms with E-state index in [9.17, 15) is 9.59 Å². The first-order valence-electron chi connectivity index (χ1n) is 11.6. The van der Waals surface area contributed by atoms with E-state index in [1.807, 2.05) is 49.6 Å². The van der Waals surface area contributed by atoms with Crippen LogP contribution in [0.5, 0.6) is 0 Å². The normalized spacial score (nSPS) is 17.4. The highest BCUT2D eigenvalue weighted by atomic mass is 35.5. The van der Waals surface area contributed by atoms with Crippen LogP contribution in [0.4, 0.5) is 5.69 Å². The van der Waals surface area contributed by atoms with Crippen LogP contribution in [0, 0.1) is 0 Å². The van der Waals surface area contributed by atoms with E-state index in [1.54, 1.807) is 10.6 Å². The van der Waals surface area contributed by atoms with Gasteiger partial charge in [0, 0.05) is 42.2 Å². The fourth-order valence-electron chi connectivity index (χ4n) is 4.58. The molecule has 1 unspecified atom stereocenters. The summed E-state index contributed by atoms with van der Waals surface area (Å²) in [5.74, 6) is 0.123. The molecule has 0 spiro atoms. The Morgan fingerprint density at radius 2 is 2.12 bits per heavy atom. The minimum absolute atomic E-state index is 0.0648. The van der Waals surface area contributed by atoms with E-state index in [2.05, 4.69) is 22.0 Å². The molecule has 0 amide bonds. The van der Waals surface area contributed by atoms with Gasteiger partial charge in [-0.25, -0.2) is 0 Å². The van der Waals surface area contributed by atoms with Gasteiger partial charge >= 0.3 is 0 Å². The molecule has 3 heterocycles. The number of benzene rings is 1. The molecule has 0 bridgehead atoms. The molecule has 6 nitrogen and oxygen atoms in total. The van der Waals surface area contributed by atoms with Crippen molar-refractivity contribution in [1.29, 1.82) is 0 Å². The zero-order valence-electron chi connectivity index (χ0n) is 19.0. The maximum absolute atomic E-state index is 12.9. The molecule has 34 heavy (non-hydrogen) atoms. The number of allylic oxidation sites excluding steroid dienone is 1. The van der Waals surface area contributed by atoms with Gasteiger partial charge in [0.1, 0.15) is 6.10 Å². The van der Waals surface area contributed by atoms with Crippen molar-refractivity contribution < 1.29 is 9.53 Å². The zero-order valence-corrected chi connectivity index (χ0v) is 19.8. The fraction of sp³-hybridized carbons (Fsp3) is 0.296. The van der Waals surface area contributed by atoms with E-state index in [-0.39, 0.29) is 11.3 Å². The van der Waals surface area contributed by atoms with Gasteiger partial charge in [-0.15, -0.1) is 0 Å². The van der Waals surface area contributed by atoms with Crippen LogP contribution in [0.2, 0.25) is 5.02 Å². The number of hydrogen-bond donors (Lipinski definition) is 0. The number of aromatic nitrogens is 2. The number of halogens is 1. The number of carbonyl (C=O) groups is 1. The molecule has 1 fully saturated rings. The maximum atomic E-state index is 12.9. The van der Waals surface area contributed by atoms with Crippen molar-refractivity contribution in [2.24, 2.45) is 0 Å². The summed E-state index contributed by atoms with van der Waals surface area (Å²) in [5, 5.41) is 0.656. The number of morpholine rings is 1. The molecule has 0 saturated carbocycles. The van der Waals surface area contributed by atoms with Gasteiger partial charge in [-0.05, 0) is 41.0 Å². The Bertz CT molecular complexity index is 1330. The van der Waals surface area contributed by atoms with E-state index in [0.717, 1.165) is 40.1 Å². The van der Waals surface area contributed by atoms with Crippen LogP contribution in [0.1, 0.15) is 35.7 Å². The van der Waals surface area contributed by atoms with Gasteiger partial charge in [0.2, 0.25) is 0 Å². The number of hydrogen-bond acceptors (Lipinski definition) is 5.